The van der Waals surface area contributed by atoms with E-state index in [9.17, 15) is 0 Å². The van der Waals surface area contributed by atoms with Crippen molar-refractivity contribution in [3.05, 3.63) is 29.8 Å². The molecule has 18 heavy (non-hydrogen) atoms. The van der Waals surface area contributed by atoms with Crippen molar-refractivity contribution in [3.8, 4) is 5.75 Å². The van der Waals surface area contributed by atoms with Crippen LogP contribution in [0.4, 0.5) is 0 Å². The minimum atomic E-state index is 0.0235. The fraction of sp³-hybridized carbons (Fsp3) is 0.600. The zero-order valence-electron chi connectivity index (χ0n) is 11.4. The third-order valence-corrected chi connectivity index (χ3v) is 3.79. The van der Waals surface area contributed by atoms with Gasteiger partial charge in [-0.05, 0) is 45.8 Å². The van der Waals surface area contributed by atoms with Crippen LogP contribution in [-0.4, -0.2) is 31.1 Å². The van der Waals surface area contributed by atoms with Crippen LogP contribution in [0.1, 0.15) is 37.8 Å². The van der Waals surface area contributed by atoms with E-state index in [0.717, 1.165) is 24.3 Å². The third-order valence-electron chi connectivity index (χ3n) is 3.79. The molecule has 0 aliphatic carbocycles. The first kappa shape index (κ1) is 13.4. The maximum absolute atomic E-state index is 5.94. The lowest BCUT2D eigenvalue weighted by molar-refractivity contribution is 0.232. The van der Waals surface area contributed by atoms with Gasteiger partial charge in [0.05, 0.1) is 6.61 Å². The molecule has 1 aromatic carbocycles. The highest BCUT2D eigenvalue weighted by molar-refractivity contribution is 5.35. The van der Waals surface area contributed by atoms with Crippen LogP contribution in [0.5, 0.6) is 5.75 Å². The number of hydrogen-bond donors (Lipinski definition) is 1. The van der Waals surface area contributed by atoms with E-state index in [0.29, 0.717) is 6.04 Å². The van der Waals surface area contributed by atoms with E-state index in [2.05, 4.69) is 11.9 Å². The molecule has 0 radical (unpaired) electrons. The minimum absolute atomic E-state index is 0.0235. The van der Waals surface area contributed by atoms with Gasteiger partial charge in [-0.1, -0.05) is 18.2 Å². The predicted molar refractivity (Wildman–Crippen MR) is 74.8 cm³/mol. The molecule has 100 valence electrons. The summed E-state index contributed by atoms with van der Waals surface area (Å²) in [4.78, 5) is 2.43. The Labute approximate surface area is 110 Å². The summed E-state index contributed by atoms with van der Waals surface area (Å²) in [5.41, 5.74) is 7.04. The predicted octanol–water partition coefficient (Wildman–Crippen LogP) is 2.57. The quantitative estimate of drug-likeness (QED) is 0.870. The summed E-state index contributed by atoms with van der Waals surface area (Å²) in [6.45, 7) is 3.99. The van der Waals surface area contributed by atoms with E-state index < -0.39 is 0 Å². The van der Waals surface area contributed by atoms with Crippen LogP contribution in [-0.2, 0) is 0 Å². The zero-order valence-corrected chi connectivity index (χ0v) is 11.4. The van der Waals surface area contributed by atoms with Crippen LogP contribution in [0, 0.1) is 0 Å². The number of ether oxygens (including phenoxy) is 1. The van der Waals surface area contributed by atoms with Crippen molar-refractivity contribution in [2.24, 2.45) is 5.73 Å². The molecular weight excluding hydrogens is 224 g/mol. The summed E-state index contributed by atoms with van der Waals surface area (Å²) >= 11 is 0. The number of nitrogens with two attached hydrogens (primary N) is 1. The van der Waals surface area contributed by atoms with Crippen molar-refractivity contribution in [3.63, 3.8) is 0 Å². The molecule has 2 rings (SSSR count). The van der Waals surface area contributed by atoms with Gasteiger partial charge in [-0.2, -0.15) is 0 Å². The van der Waals surface area contributed by atoms with Crippen molar-refractivity contribution >= 4 is 0 Å². The second-order valence-electron chi connectivity index (χ2n) is 5.24. The first-order chi connectivity index (χ1) is 8.68. The molecule has 0 bridgehead atoms. The summed E-state index contributed by atoms with van der Waals surface area (Å²) in [7, 11) is 2.20. The lowest BCUT2D eigenvalue weighted by atomic mass is 10.1. The lowest BCUT2D eigenvalue weighted by Crippen LogP contribution is -2.26. The number of nitrogens with zero attached hydrogens (tertiary/aromatic N) is 1. The molecule has 2 N–H and O–H groups in total. The van der Waals surface area contributed by atoms with Crippen molar-refractivity contribution < 1.29 is 4.74 Å². The van der Waals surface area contributed by atoms with Crippen LogP contribution in [0.2, 0.25) is 0 Å². The molecule has 1 fully saturated rings. The summed E-state index contributed by atoms with van der Waals surface area (Å²) in [6, 6.07) is 8.78. The second kappa shape index (κ2) is 6.21. The maximum atomic E-state index is 5.94. The van der Waals surface area contributed by atoms with E-state index in [-0.39, 0.29) is 6.04 Å². The number of para-hydroxylation sites is 1. The van der Waals surface area contributed by atoms with E-state index >= 15 is 0 Å². The molecule has 1 saturated heterocycles. The van der Waals surface area contributed by atoms with Crippen LogP contribution in [0.25, 0.3) is 0 Å². The number of hydrogen-bond acceptors (Lipinski definition) is 3. The average Bonchev–Trinajstić information content (AvgIpc) is 2.76. The van der Waals surface area contributed by atoms with Gasteiger partial charge in [0.15, 0.2) is 0 Å². The van der Waals surface area contributed by atoms with Crippen LogP contribution in [0.15, 0.2) is 24.3 Å². The number of likely N-dealkylation sites (tertiary alicyclic amines) is 1. The molecule has 0 spiro atoms. The third kappa shape index (κ3) is 3.24. The Balaban J connectivity index is 1.86. The van der Waals surface area contributed by atoms with Crippen LogP contribution < -0.4 is 10.5 Å². The van der Waals surface area contributed by atoms with E-state index in [4.69, 9.17) is 10.5 Å². The first-order valence-electron chi connectivity index (χ1n) is 6.86. The molecular formula is C15H24N2O. The summed E-state index contributed by atoms with van der Waals surface area (Å²) < 4.78 is 5.90. The van der Waals surface area contributed by atoms with Crippen molar-refractivity contribution in [1.82, 2.24) is 4.90 Å². The van der Waals surface area contributed by atoms with Crippen LogP contribution in [0.3, 0.4) is 0 Å². The molecule has 3 nitrogen and oxygen atoms in total. The van der Waals surface area contributed by atoms with Gasteiger partial charge in [0.1, 0.15) is 5.75 Å². The number of rotatable bonds is 5. The average molecular weight is 248 g/mol. The molecule has 1 aromatic rings. The fourth-order valence-corrected chi connectivity index (χ4v) is 2.64. The molecule has 2 unspecified atom stereocenters. The summed E-state index contributed by atoms with van der Waals surface area (Å²) in [5, 5.41) is 0. The largest absolute Gasteiger partial charge is 0.493 e. The standard InChI is InChI=1S/C15H24N2O/c1-12(16)14-7-3-4-8-15(14)18-11-9-13-6-5-10-17(13)2/h3-4,7-8,12-13H,5-6,9-11,16H2,1-2H3. The minimum Gasteiger partial charge on any atom is -0.493 e. The Morgan fingerprint density at radius 2 is 2.22 bits per heavy atom. The highest BCUT2D eigenvalue weighted by atomic mass is 16.5. The van der Waals surface area contributed by atoms with Gasteiger partial charge in [-0.25, -0.2) is 0 Å². The van der Waals surface area contributed by atoms with E-state index in [1.54, 1.807) is 0 Å². The van der Waals surface area contributed by atoms with Gasteiger partial charge in [0.25, 0.3) is 0 Å². The molecule has 3 heteroatoms. The Morgan fingerprint density at radius 1 is 1.44 bits per heavy atom. The van der Waals surface area contributed by atoms with Gasteiger partial charge in [0, 0.05) is 17.6 Å². The molecule has 0 saturated carbocycles. The van der Waals surface area contributed by atoms with E-state index in [1.165, 1.54) is 19.4 Å². The molecule has 1 heterocycles. The highest BCUT2D eigenvalue weighted by Gasteiger charge is 2.20. The summed E-state index contributed by atoms with van der Waals surface area (Å²) in [5.74, 6) is 0.938. The lowest BCUT2D eigenvalue weighted by Gasteiger charge is -2.20. The smallest absolute Gasteiger partial charge is 0.124 e. The van der Waals surface area contributed by atoms with Crippen molar-refractivity contribution in [1.29, 1.82) is 0 Å². The number of benzene rings is 1. The SMILES string of the molecule is CC(N)c1ccccc1OCCC1CCCN1C. The Bertz CT molecular complexity index is 379. The molecule has 1 aliphatic heterocycles. The Morgan fingerprint density at radius 3 is 2.89 bits per heavy atom. The topological polar surface area (TPSA) is 38.5 Å². The maximum Gasteiger partial charge on any atom is 0.124 e. The second-order valence-corrected chi connectivity index (χ2v) is 5.24. The molecule has 0 aromatic heterocycles. The van der Waals surface area contributed by atoms with E-state index in [1.807, 2.05) is 31.2 Å². The fourth-order valence-electron chi connectivity index (χ4n) is 2.64. The highest BCUT2D eigenvalue weighted by Crippen LogP contribution is 2.24. The first-order valence-corrected chi connectivity index (χ1v) is 6.86. The molecule has 0 amide bonds. The molecule has 2 atom stereocenters. The normalized spacial score (nSPS) is 22.1. The Kier molecular flexibility index (Phi) is 4.61. The molecule has 1 aliphatic rings. The van der Waals surface area contributed by atoms with Gasteiger partial charge in [-0.15, -0.1) is 0 Å². The van der Waals surface area contributed by atoms with Crippen molar-refractivity contribution in [2.45, 2.75) is 38.3 Å². The van der Waals surface area contributed by atoms with Gasteiger partial charge < -0.3 is 15.4 Å². The Hall–Kier alpha value is -1.06. The van der Waals surface area contributed by atoms with Gasteiger partial charge >= 0.3 is 0 Å². The van der Waals surface area contributed by atoms with Crippen LogP contribution >= 0.6 is 0 Å². The van der Waals surface area contributed by atoms with Gasteiger partial charge in [0.2, 0.25) is 0 Å². The monoisotopic (exact) mass is 248 g/mol. The summed E-state index contributed by atoms with van der Waals surface area (Å²) in [6.07, 6.45) is 3.72. The van der Waals surface area contributed by atoms with Gasteiger partial charge in [-0.3, -0.25) is 0 Å². The van der Waals surface area contributed by atoms with Crippen molar-refractivity contribution in [2.75, 3.05) is 20.2 Å². The zero-order chi connectivity index (χ0) is 13.0.